The predicted molar refractivity (Wildman–Crippen MR) is 105 cm³/mol. The maximum atomic E-state index is 12.2. The molecule has 3 N–H and O–H groups in total. The van der Waals surface area contributed by atoms with E-state index in [9.17, 15) is 4.79 Å². The molecule has 146 valence electrons. The van der Waals surface area contributed by atoms with Gasteiger partial charge in [-0.1, -0.05) is 6.07 Å². The number of rotatable bonds is 8. The number of aromatic nitrogens is 5. The lowest BCUT2D eigenvalue weighted by Crippen LogP contribution is -2.29. The number of methoxy groups -OCH3 is 1. The summed E-state index contributed by atoms with van der Waals surface area (Å²) >= 11 is 0. The molecule has 10 heteroatoms. The minimum Gasteiger partial charge on any atom is -0.479 e. The molecule has 3 aromatic heterocycles. The van der Waals surface area contributed by atoms with E-state index >= 15 is 0 Å². The van der Waals surface area contributed by atoms with Crippen LogP contribution in [-0.4, -0.2) is 51.1 Å². The molecule has 0 saturated carbocycles. The van der Waals surface area contributed by atoms with Gasteiger partial charge in [0.2, 0.25) is 5.88 Å². The molecule has 3 aromatic rings. The summed E-state index contributed by atoms with van der Waals surface area (Å²) in [6.07, 6.45) is 3.39. The van der Waals surface area contributed by atoms with Gasteiger partial charge in [0.15, 0.2) is 5.82 Å². The molecule has 0 radical (unpaired) electrons. The number of hydrogen-bond acceptors (Lipinski definition) is 8. The van der Waals surface area contributed by atoms with Crippen molar-refractivity contribution in [3.63, 3.8) is 0 Å². The van der Waals surface area contributed by atoms with Crippen LogP contribution in [0.2, 0.25) is 0 Å². The van der Waals surface area contributed by atoms with Crippen LogP contribution in [0.15, 0.2) is 36.7 Å². The van der Waals surface area contributed by atoms with E-state index in [1.54, 1.807) is 31.6 Å². The Morgan fingerprint density at radius 2 is 1.86 bits per heavy atom. The van der Waals surface area contributed by atoms with Crippen LogP contribution in [0.4, 0.5) is 17.5 Å². The highest BCUT2D eigenvalue weighted by Crippen LogP contribution is 2.14. The Labute approximate surface area is 162 Å². The van der Waals surface area contributed by atoms with Crippen molar-refractivity contribution in [2.24, 2.45) is 7.05 Å². The lowest BCUT2D eigenvalue weighted by atomic mass is 10.3. The van der Waals surface area contributed by atoms with Gasteiger partial charge >= 0.3 is 0 Å². The maximum absolute atomic E-state index is 12.2. The number of ether oxygens (including phenoxy) is 1. The second kappa shape index (κ2) is 8.80. The summed E-state index contributed by atoms with van der Waals surface area (Å²) in [7, 11) is 3.21. The molecule has 0 unspecified atom stereocenters. The molecule has 28 heavy (non-hydrogen) atoms. The zero-order valence-electron chi connectivity index (χ0n) is 15.9. The minimum absolute atomic E-state index is 0.247. The number of anilines is 3. The van der Waals surface area contributed by atoms with Crippen molar-refractivity contribution in [3.05, 3.63) is 47.8 Å². The van der Waals surface area contributed by atoms with Gasteiger partial charge in [0.25, 0.3) is 5.91 Å². The number of amides is 1. The molecule has 0 aliphatic rings. The smallest absolute Gasteiger partial charge is 0.258 e. The second-order valence-corrected chi connectivity index (χ2v) is 6.06. The molecule has 0 bridgehead atoms. The van der Waals surface area contributed by atoms with Gasteiger partial charge < -0.3 is 20.7 Å². The van der Waals surface area contributed by atoms with Gasteiger partial charge in [-0.2, -0.15) is 0 Å². The Kier molecular flexibility index (Phi) is 6.00. The molecule has 0 saturated heterocycles. The largest absolute Gasteiger partial charge is 0.479 e. The fourth-order valence-electron chi connectivity index (χ4n) is 2.40. The molecule has 3 rings (SSSR count). The Hall–Kier alpha value is -3.69. The molecule has 0 spiro atoms. The molecule has 0 atom stereocenters. The standard InChI is InChI=1S/C18H22N8O2/c1-12-4-5-14(21-10-12)22-16-7-6-15(23-24-16)19-8-9-20-17(27)13-11-26(2)25-18(13)28-3/h4-7,10-11H,8-9H2,1-3H3,(H,19,23)(H,20,27)(H,21,22,24). The third-order valence-electron chi connectivity index (χ3n) is 3.78. The van der Waals surface area contributed by atoms with Crippen LogP contribution in [0.5, 0.6) is 5.88 Å². The summed E-state index contributed by atoms with van der Waals surface area (Å²) < 4.78 is 6.62. The lowest BCUT2D eigenvalue weighted by Gasteiger charge is -2.08. The summed E-state index contributed by atoms with van der Waals surface area (Å²) in [5.74, 6) is 1.96. The molecular formula is C18H22N8O2. The fourth-order valence-corrected chi connectivity index (χ4v) is 2.40. The van der Waals surface area contributed by atoms with Crippen LogP contribution in [0, 0.1) is 6.92 Å². The van der Waals surface area contributed by atoms with Crippen molar-refractivity contribution in [2.75, 3.05) is 30.8 Å². The van der Waals surface area contributed by atoms with Crippen LogP contribution in [-0.2, 0) is 7.05 Å². The van der Waals surface area contributed by atoms with Crippen molar-refractivity contribution < 1.29 is 9.53 Å². The third-order valence-corrected chi connectivity index (χ3v) is 3.78. The topological polar surface area (TPSA) is 119 Å². The van der Waals surface area contributed by atoms with Crippen molar-refractivity contribution in [1.29, 1.82) is 0 Å². The van der Waals surface area contributed by atoms with Crippen LogP contribution >= 0.6 is 0 Å². The normalized spacial score (nSPS) is 10.4. The van der Waals surface area contributed by atoms with Gasteiger partial charge in [0.05, 0.1) is 7.11 Å². The van der Waals surface area contributed by atoms with E-state index in [1.807, 2.05) is 19.1 Å². The zero-order valence-corrected chi connectivity index (χ0v) is 15.9. The van der Waals surface area contributed by atoms with Gasteiger partial charge in [-0.15, -0.1) is 15.3 Å². The molecule has 0 aliphatic carbocycles. The van der Waals surface area contributed by atoms with Crippen molar-refractivity contribution >= 4 is 23.4 Å². The van der Waals surface area contributed by atoms with Crippen LogP contribution in [0.1, 0.15) is 15.9 Å². The Bertz CT molecular complexity index is 922. The number of carbonyl (C=O) groups excluding carboxylic acids is 1. The van der Waals surface area contributed by atoms with E-state index in [0.29, 0.717) is 42.0 Å². The van der Waals surface area contributed by atoms with Gasteiger partial charge in [-0.25, -0.2) is 4.98 Å². The van der Waals surface area contributed by atoms with Gasteiger partial charge in [-0.05, 0) is 30.7 Å². The van der Waals surface area contributed by atoms with E-state index < -0.39 is 0 Å². The van der Waals surface area contributed by atoms with Crippen LogP contribution in [0.25, 0.3) is 0 Å². The summed E-state index contributed by atoms with van der Waals surface area (Å²) in [6, 6.07) is 7.45. The Morgan fingerprint density at radius 1 is 1.11 bits per heavy atom. The van der Waals surface area contributed by atoms with Crippen molar-refractivity contribution in [2.45, 2.75) is 6.92 Å². The van der Waals surface area contributed by atoms with Crippen molar-refractivity contribution in [3.8, 4) is 5.88 Å². The van der Waals surface area contributed by atoms with Gasteiger partial charge in [-0.3, -0.25) is 9.48 Å². The summed E-state index contributed by atoms with van der Waals surface area (Å²) in [4.78, 5) is 16.4. The van der Waals surface area contributed by atoms with E-state index in [4.69, 9.17) is 4.74 Å². The van der Waals surface area contributed by atoms with Gasteiger partial charge in [0, 0.05) is 32.5 Å². The molecule has 0 aromatic carbocycles. The van der Waals surface area contributed by atoms with Crippen LogP contribution in [0.3, 0.4) is 0 Å². The first-order valence-electron chi connectivity index (χ1n) is 8.68. The second-order valence-electron chi connectivity index (χ2n) is 6.06. The highest BCUT2D eigenvalue weighted by Gasteiger charge is 2.15. The first kappa shape index (κ1) is 19.1. The van der Waals surface area contributed by atoms with Crippen LogP contribution < -0.4 is 20.7 Å². The average Bonchev–Trinajstić information content (AvgIpc) is 3.09. The molecular weight excluding hydrogens is 360 g/mol. The highest BCUT2D eigenvalue weighted by molar-refractivity contribution is 5.96. The highest BCUT2D eigenvalue weighted by atomic mass is 16.5. The van der Waals surface area contributed by atoms with Crippen molar-refractivity contribution in [1.82, 2.24) is 30.3 Å². The number of carbonyl (C=O) groups is 1. The van der Waals surface area contributed by atoms with E-state index in [1.165, 1.54) is 11.8 Å². The van der Waals surface area contributed by atoms with E-state index in [-0.39, 0.29) is 5.91 Å². The first-order chi connectivity index (χ1) is 13.5. The summed E-state index contributed by atoms with van der Waals surface area (Å²) in [6.45, 7) is 2.88. The summed E-state index contributed by atoms with van der Waals surface area (Å²) in [5.41, 5.74) is 1.48. The summed E-state index contributed by atoms with van der Waals surface area (Å²) in [5, 5.41) is 21.2. The number of pyridine rings is 1. The predicted octanol–water partition coefficient (Wildman–Crippen LogP) is 1.51. The average molecular weight is 382 g/mol. The maximum Gasteiger partial charge on any atom is 0.258 e. The third kappa shape index (κ3) is 4.93. The van der Waals surface area contributed by atoms with Gasteiger partial charge in [0.1, 0.15) is 17.2 Å². The molecule has 0 fully saturated rings. The number of hydrogen-bond donors (Lipinski definition) is 3. The molecule has 3 heterocycles. The Balaban J connectivity index is 1.44. The minimum atomic E-state index is -0.247. The molecule has 0 aliphatic heterocycles. The fraction of sp³-hybridized carbons (Fsp3) is 0.278. The molecule has 1 amide bonds. The number of aryl methyl sites for hydroxylation is 2. The molecule has 10 nitrogen and oxygen atoms in total. The SMILES string of the molecule is COc1nn(C)cc1C(=O)NCCNc1ccc(Nc2ccc(C)cn2)nn1. The first-order valence-corrected chi connectivity index (χ1v) is 8.68. The quantitative estimate of drug-likeness (QED) is 0.502. The number of nitrogens with zero attached hydrogens (tertiary/aromatic N) is 5. The Morgan fingerprint density at radius 3 is 2.54 bits per heavy atom. The zero-order chi connectivity index (χ0) is 19.9. The number of nitrogens with one attached hydrogen (secondary N) is 3. The lowest BCUT2D eigenvalue weighted by molar-refractivity contribution is 0.0952. The van der Waals surface area contributed by atoms with E-state index in [0.717, 1.165) is 5.56 Å². The monoisotopic (exact) mass is 382 g/mol. The van der Waals surface area contributed by atoms with E-state index in [2.05, 4.69) is 36.2 Å².